The Kier molecular flexibility index (Phi) is 4.31. The number of amides is 1. The van der Waals surface area contributed by atoms with Crippen LogP contribution in [0.1, 0.15) is 47.5 Å². The van der Waals surface area contributed by atoms with E-state index in [1.807, 2.05) is 12.3 Å². The molecule has 0 bridgehead atoms. The summed E-state index contributed by atoms with van der Waals surface area (Å²) >= 11 is 1.54. The largest absolute Gasteiger partial charge is 0.462 e. The van der Waals surface area contributed by atoms with Gasteiger partial charge in [0.2, 0.25) is 0 Å². The average Bonchev–Trinajstić information content (AvgIpc) is 3.14. The highest BCUT2D eigenvalue weighted by Crippen LogP contribution is 2.27. The van der Waals surface area contributed by atoms with Crippen molar-refractivity contribution in [2.75, 3.05) is 6.54 Å². The topological polar surface area (TPSA) is 75.4 Å². The zero-order valence-corrected chi connectivity index (χ0v) is 13.4. The van der Waals surface area contributed by atoms with Crippen LogP contribution in [0.25, 0.3) is 11.5 Å². The second-order valence-corrected chi connectivity index (χ2v) is 6.98. The highest BCUT2D eigenvalue weighted by Gasteiger charge is 2.29. The highest BCUT2D eigenvalue weighted by molar-refractivity contribution is 7.09. The summed E-state index contributed by atoms with van der Waals surface area (Å²) in [6.45, 7) is 2.22. The maximum absolute atomic E-state index is 12.2. The molecule has 2 aromatic heterocycles. The maximum atomic E-state index is 12.2. The number of rotatable bonds is 4. The Hall–Kier alpha value is -1.66. The molecule has 2 N–H and O–H groups in total. The molecule has 0 atom stereocenters. The van der Waals surface area contributed by atoms with Crippen LogP contribution in [0.2, 0.25) is 0 Å². The van der Waals surface area contributed by atoms with E-state index in [1.54, 1.807) is 17.4 Å². The van der Waals surface area contributed by atoms with Crippen LogP contribution in [0.3, 0.4) is 0 Å². The number of carbonyl (C=O) groups excluding carboxylic acids is 1. The first-order valence-corrected chi connectivity index (χ1v) is 8.45. The standard InChI is InChI=1S/C16H20N2O3S/c1-11-18-13(9-22-11)14-7-12(8-21-14)15(19)17-10-16(20)5-3-2-4-6-16/h7-9,20H,2-6,10H2,1H3,(H,17,19). The molecule has 6 heteroatoms. The van der Waals surface area contributed by atoms with E-state index in [2.05, 4.69) is 10.3 Å². The van der Waals surface area contributed by atoms with Crippen LogP contribution in [0, 0.1) is 6.92 Å². The molecule has 0 spiro atoms. The Labute approximate surface area is 133 Å². The van der Waals surface area contributed by atoms with Gasteiger partial charge in [-0.15, -0.1) is 11.3 Å². The molecule has 0 saturated heterocycles. The number of furan rings is 1. The van der Waals surface area contributed by atoms with Gasteiger partial charge in [0.05, 0.1) is 16.2 Å². The number of carbonyl (C=O) groups is 1. The van der Waals surface area contributed by atoms with Gasteiger partial charge in [-0.05, 0) is 25.8 Å². The van der Waals surface area contributed by atoms with Crippen LogP contribution in [0.4, 0.5) is 0 Å². The number of aromatic nitrogens is 1. The van der Waals surface area contributed by atoms with Crippen molar-refractivity contribution >= 4 is 17.2 Å². The molecule has 3 rings (SSSR count). The van der Waals surface area contributed by atoms with Gasteiger partial charge in [0.1, 0.15) is 12.0 Å². The molecule has 118 valence electrons. The fourth-order valence-corrected chi connectivity index (χ4v) is 3.40. The minimum Gasteiger partial charge on any atom is -0.462 e. The first kappa shape index (κ1) is 15.2. The van der Waals surface area contributed by atoms with Gasteiger partial charge in [-0.1, -0.05) is 19.3 Å². The van der Waals surface area contributed by atoms with Crippen LogP contribution in [-0.2, 0) is 0 Å². The van der Waals surface area contributed by atoms with Crippen molar-refractivity contribution in [1.29, 1.82) is 0 Å². The molecule has 2 heterocycles. The Morgan fingerprint density at radius 2 is 2.23 bits per heavy atom. The molecule has 1 aliphatic rings. The maximum Gasteiger partial charge on any atom is 0.254 e. The Bertz CT molecular complexity index is 656. The molecule has 1 fully saturated rings. The molecule has 5 nitrogen and oxygen atoms in total. The summed E-state index contributed by atoms with van der Waals surface area (Å²) in [7, 11) is 0. The molecule has 0 radical (unpaired) electrons. The van der Waals surface area contributed by atoms with E-state index in [4.69, 9.17) is 4.42 Å². The van der Waals surface area contributed by atoms with Crippen molar-refractivity contribution in [3.8, 4) is 11.5 Å². The van der Waals surface area contributed by atoms with E-state index in [0.717, 1.165) is 42.8 Å². The van der Waals surface area contributed by atoms with E-state index in [9.17, 15) is 9.90 Å². The van der Waals surface area contributed by atoms with E-state index >= 15 is 0 Å². The third-order valence-electron chi connectivity index (χ3n) is 4.10. The second-order valence-electron chi connectivity index (χ2n) is 5.92. The Morgan fingerprint density at radius 1 is 1.45 bits per heavy atom. The zero-order valence-electron chi connectivity index (χ0n) is 12.6. The number of aliphatic hydroxyl groups is 1. The number of nitrogens with zero attached hydrogens (tertiary/aromatic N) is 1. The fraction of sp³-hybridized carbons (Fsp3) is 0.500. The fourth-order valence-electron chi connectivity index (χ4n) is 2.80. The summed E-state index contributed by atoms with van der Waals surface area (Å²) in [4.78, 5) is 16.5. The lowest BCUT2D eigenvalue weighted by atomic mass is 9.85. The van der Waals surface area contributed by atoms with E-state index in [-0.39, 0.29) is 5.91 Å². The zero-order chi connectivity index (χ0) is 15.6. The predicted molar refractivity (Wildman–Crippen MR) is 84.9 cm³/mol. The van der Waals surface area contributed by atoms with Crippen LogP contribution in [0.15, 0.2) is 22.1 Å². The summed E-state index contributed by atoms with van der Waals surface area (Å²) in [5.74, 6) is 0.367. The van der Waals surface area contributed by atoms with Gasteiger partial charge in [-0.3, -0.25) is 4.79 Å². The van der Waals surface area contributed by atoms with E-state index in [0.29, 0.717) is 17.9 Å². The van der Waals surface area contributed by atoms with Crippen LogP contribution in [0.5, 0.6) is 0 Å². The Balaban J connectivity index is 1.62. The molecular weight excluding hydrogens is 300 g/mol. The number of hydrogen-bond donors (Lipinski definition) is 2. The first-order chi connectivity index (χ1) is 10.6. The first-order valence-electron chi connectivity index (χ1n) is 7.57. The van der Waals surface area contributed by atoms with Crippen molar-refractivity contribution in [3.05, 3.63) is 28.3 Å². The van der Waals surface area contributed by atoms with Crippen LogP contribution in [-0.4, -0.2) is 28.1 Å². The van der Waals surface area contributed by atoms with Gasteiger partial charge < -0.3 is 14.8 Å². The molecule has 2 aromatic rings. The molecule has 1 aliphatic carbocycles. The van der Waals surface area contributed by atoms with Gasteiger partial charge in [0.25, 0.3) is 5.91 Å². The van der Waals surface area contributed by atoms with Gasteiger partial charge >= 0.3 is 0 Å². The molecule has 1 amide bonds. The van der Waals surface area contributed by atoms with Gasteiger partial charge in [0.15, 0.2) is 5.76 Å². The number of thiazole rings is 1. The monoisotopic (exact) mass is 320 g/mol. The normalized spacial score (nSPS) is 17.4. The number of aryl methyl sites for hydroxylation is 1. The summed E-state index contributed by atoms with van der Waals surface area (Å²) in [5, 5.41) is 16.1. The third-order valence-corrected chi connectivity index (χ3v) is 4.87. The third kappa shape index (κ3) is 3.39. The molecular formula is C16H20N2O3S. The Morgan fingerprint density at radius 3 is 2.91 bits per heavy atom. The molecule has 22 heavy (non-hydrogen) atoms. The molecule has 0 aliphatic heterocycles. The quantitative estimate of drug-likeness (QED) is 0.907. The van der Waals surface area contributed by atoms with Crippen molar-refractivity contribution in [2.45, 2.75) is 44.6 Å². The summed E-state index contributed by atoms with van der Waals surface area (Å²) < 4.78 is 5.42. The lowest BCUT2D eigenvalue weighted by molar-refractivity contribution is 0.00525. The average molecular weight is 320 g/mol. The number of hydrogen-bond acceptors (Lipinski definition) is 5. The van der Waals surface area contributed by atoms with Gasteiger partial charge in [-0.2, -0.15) is 0 Å². The molecule has 0 unspecified atom stereocenters. The van der Waals surface area contributed by atoms with Crippen molar-refractivity contribution in [3.63, 3.8) is 0 Å². The van der Waals surface area contributed by atoms with Crippen LogP contribution >= 0.6 is 11.3 Å². The van der Waals surface area contributed by atoms with Gasteiger partial charge in [0, 0.05) is 11.9 Å². The van der Waals surface area contributed by atoms with E-state index in [1.165, 1.54) is 6.26 Å². The van der Waals surface area contributed by atoms with Gasteiger partial charge in [-0.25, -0.2) is 4.98 Å². The lowest BCUT2D eigenvalue weighted by Crippen LogP contribution is -2.44. The second kappa shape index (κ2) is 6.22. The molecule has 1 saturated carbocycles. The van der Waals surface area contributed by atoms with Crippen LogP contribution < -0.4 is 5.32 Å². The summed E-state index contributed by atoms with van der Waals surface area (Å²) in [6, 6.07) is 1.69. The van der Waals surface area contributed by atoms with Crippen molar-refractivity contribution in [1.82, 2.24) is 10.3 Å². The molecule has 0 aromatic carbocycles. The van der Waals surface area contributed by atoms with Crippen molar-refractivity contribution in [2.24, 2.45) is 0 Å². The highest BCUT2D eigenvalue weighted by atomic mass is 32.1. The SMILES string of the molecule is Cc1nc(-c2cc(C(=O)NCC3(O)CCCCC3)co2)cs1. The number of nitrogens with one attached hydrogen (secondary N) is 1. The minimum atomic E-state index is -0.757. The lowest BCUT2D eigenvalue weighted by Gasteiger charge is -2.32. The minimum absolute atomic E-state index is 0.221. The summed E-state index contributed by atoms with van der Waals surface area (Å²) in [6.07, 6.45) is 6.14. The smallest absolute Gasteiger partial charge is 0.254 e. The van der Waals surface area contributed by atoms with Crippen molar-refractivity contribution < 1.29 is 14.3 Å². The van der Waals surface area contributed by atoms with E-state index < -0.39 is 5.60 Å². The predicted octanol–water partition coefficient (Wildman–Crippen LogP) is 3.14. The summed E-state index contributed by atoms with van der Waals surface area (Å²) in [5.41, 5.74) is 0.444.